The van der Waals surface area contributed by atoms with E-state index in [4.69, 9.17) is 16.3 Å². The number of rotatable bonds is 6. The zero-order valence-electron chi connectivity index (χ0n) is 15.9. The van der Waals surface area contributed by atoms with E-state index in [-0.39, 0.29) is 0 Å². The number of ether oxygens (including phenoxy) is 1. The van der Waals surface area contributed by atoms with Crippen LogP contribution in [0.2, 0.25) is 5.02 Å². The molecule has 1 fully saturated rings. The van der Waals surface area contributed by atoms with Gasteiger partial charge in [-0.05, 0) is 36.8 Å². The van der Waals surface area contributed by atoms with Crippen molar-refractivity contribution in [1.82, 2.24) is 15.5 Å². The standard InChI is InChI=1S/C20H27ClN4OS/c1-15-3-8-19(27-15)18(25-9-11-26-12-10-25)14-24-20(22-2)23-13-16-4-6-17(21)7-5-16/h3-8,18H,9-14H2,1-2H3,(H2,22,23,24). The quantitative estimate of drug-likeness (QED) is 0.569. The van der Waals surface area contributed by atoms with Crippen molar-refractivity contribution in [2.45, 2.75) is 19.5 Å². The van der Waals surface area contributed by atoms with Gasteiger partial charge in [-0.1, -0.05) is 23.7 Å². The Hall–Kier alpha value is -1.60. The van der Waals surface area contributed by atoms with Crippen molar-refractivity contribution in [3.05, 3.63) is 56.7 Å². The zero-order chi connectivity index (χ0) is 19.1. The van der Waals surface area contributed by atoms with E-state index >= 15 is 0 Å². The molecule has 0 aliphatic carbocycles. The first-order chi connectivity index (χ1) is 13.2. The molecule has 0 saturated carbocycles. The van der Waals surface area contributed by atoms with Gasteiger partial charge in [-0.25, -0.2) is 0 Å². The second kappa shape index (κ2) is 10.1. The summed E-state index contributed by atoms with van der Waals surface area (Å²) in [7, 11) is 1.80. The number of guanidine groups is 1. The third kappa shape index (κ3) is 5.94. The van der Waals surface area contributed by atoms with E-state index in [1.54, 1.807) is 7.05 Å². The van der Waals surface area contributed by atoms with Crippen molar-refractivity contribution in [3.63, 3.8) is 0 Å². The molecule has 1 aromatic heterocycles. The lowest BCUT2D eigenvalue weighted by Crippen LogP contribution is -2.46. The van der Waals surface area contributed by atoms with Crippen molar-refractivity contribution in [2.24, 2.45) is 4.99 Å². The highest BCUT2D eigenvalue weighted by molar-refractivity contribution is 7.12. The summed E-state index contributed by atoms with van der Waals surface area (Å²) < 4.78 is 5.53. The molecular weight excluding hydrogens is 380 g/mol. The highest BCUT2D eigenvalue weighted by Crippen LogP contribution is 2.27. The maximum Gasteiger partial charge on any atom is 0.191 e. The molecule has 0 spiro atoms. The summed E-state index contributed by atoms with van der Waals surface area (Å²) in [6, 6.07) is 12.6. The number of morpholine rings is 1. The normalized spacial score (nSPS) is 16.9. The highest BCUT2D eigenvalue weighted by atomic mass is 35.5. The average Bonchev–Trinajstić information content (AvgIpc) is 3.12. The molecule has 2 N–H and O–H groups in total. The van der Waals surface area contributed by atoms with Crippen molar-refractivity contribution >= 4 is 28.9 Å². The van der Waals surface area contributed by atoms with E-state index in [0.717, 1.165) is 43.8 Å². The second-order valence-electron chi connectivity index (χ2n) is 6.55. The summed E-state index contributed by atoms with van der Waals surface area (Å²) in [5.74, 6) is 0.802. The molecular formula is C20H27ClN4OS. The van der Waals surface area contributed by atoms with Gasteiger partial charge in [-0.2, -0.15) is 0 Å². The lowest BCUT2D eigenvalue weighted by molar-refractivity contribution is 0.0177. The second-order valence-corrected chi connectivity index (χ2v) is 8.30. The first-order valence-electron chi connectivity index (χ1n) is 9.23. The molecule has 3 rings (SSSR count). The molecule has 0 amide bonds. The van der Waals surface area contributed by atoms with Crippen LogP contribution in [-0.4, -0.2) is 50.8 Å². The summed E-state index contributed by atoms with van der Waals surface area (Å²) in [5.41, 5.74) is 1.17. The van der Waals surface area contributed by atoms with Gasteiger partial charge < -0.3 is 15.4 Å². The highest BCUT2D eigenvalue weighted by Gasteiger charge is 2.24. The molecule has 1 aromatic carbocycles. The van der Waals surface area contributed by atoms with Gasteiger partial charge in [0.1, 0.15) is 0 Å². The Balaban J connectivity index is 1.59. The molecule has 2 heterocycles. The van der Waals surface area contributed by atoms with Crippen LogP contribution in [0.3, 0.4) is 0 Å². The van der Waals surface area contributed by atoms with Gasteiger partial charge in [0.05, 0.1) is 19.3 Å². The van der Waals surface area contributed by atoms with Crippen LogP contribution < -0.4 is 10.6 Å². The number of thiophene rings is 1. The minimum absolute atomic E-state index is 0.321. The summed E-state index contributed by atoms with van der Waals surface area (Å²) in [5, 5.41) is 7.62. The maximum atomic E-state index is 5.95. The smallest absolute Gasteiger partial charge is 0.191 e. The molecule has 1 unspecified atom stereocenters. The number of hydrogen-bond donors (Lipinski definition) is 2. The fraction of sp³-hybridized carbons (Fsp3) is 0.450. The van der Waals surface area contributed by atoms with E-state index in [2.05, 4.69) is 39.6 Å². The van der Waals surface area contributed by atoms with Crippen LogP contribution in [-0.2, 0) is 11.3 Å². The van der Waals surface area contributed by atoms with E-state index in [9.17, 15) is 0 Å². The largest absolute Gasteiger partial charge is 0.379 e. The van der Waals surface area contributed by atoms with Gasteiger partial charge in [-0.3, -0.25) is 9.89 Å². The van der Waals surface area contributed by atoms with E-state index in [0.29, 0.717) is 12.6 Å². The van der Waals surface area contributed by atoms with Crippen LogP contribution >= 0.6 is 22.9 Å². The predicted molar refractivity (Wildman–Crippen MR) is 114 cm³/mol. The minimum Gasteiger partial charge on any atom is -0.379 e. The number of aliphatic imine (C=N–C) groups is 1. The summed E-state index contributed by atoms with van der Waals surface area (Å²) in [6.45, 7) is 7.18. The van der Waals surface area contributed by atoms with Gasteiger partial charge in [0.2, 0.25) is 0 Å². The Bertz CT molecular complexity index is 741. The Labute approximate surface area is 170 Å². The number of nitrogens with zero attached hydrogens (tertiary/aromatic N) is 2. The minimum atomic E-state index is 0.321. The molecule has 146 valence electrons. The monoisotopic (exact) mass is 406 g/mol. The first kappa shape index (κ1) is 20.1. The number of benzene rings is 1. The van der Waals surface area contributed by atoms with Crippen molar-refractivity contribution in [1.29, 1.82) is 0 Å². The summed E-state index contributed by atoms with van der Waals surface area (Å²) in [6.07, 6.45) is 0. The number of aryl methyl sites for hydroxylation is 1. The van der Waals surface area contributed by atoms with E-state index in [1.165, 1.54) is 15.3 Å². The molecule has 7 heteroatoms. The van der Waals surface area contributed by atoms with Crippen molar-refractivity contribution in [2.75, 3.05) is 39.9 Å². The molecule has 1 atom stereocenters. The molecule has 27 heavy (non-hydrogen) atoms. The van der Waals surface area contributed by atoms with Crippen LogP contribution in [0.1, 0.15) is 21.4 Å². The Morgan fingerprint density at radius 1 is 1.19 bits per heavy atom. The molecule has 1 saturated heterocycles. The Morgan fingerprint density at radius 3 is 2.56 bits per heavy atom. The van der Waals surface area contributed by atoms with Crippen LogP contribution in [0, 0.1) is 6.92 Å². The SMILES string of the molecule is CN=C(NCc1ccc(Cl)cc1)NCC(c1ccc(C)s1)N1CCOCC1. The van der Waals surface area contributed by atoms with Crippen LogP contribution in [0.25, 0.3) is 0 Å². The molecule has 0 bridgehead atoms. The van der Waals surface area contributed by atoms with Gasteiger partial charge in [0, 0.05) is 48.0 Å². The van der Waals surface area contributed by atoms with E-state index < -0.39 is 0 Å². The lowest BCUT2D eigenvalue weighted by atomic mass is 10.2. The fourth-order valence-electron chi connectivity index (χ4n) is 3.13. The molecule has 1 aliphatic rings. The molecule has 1 aliphatic heterocycles. The van der Waals surface area contributed by atoms with Crippen molar-refractivity contribution in [3.8, 4) is 0 Å². The maximum absolute atomic E-state index is 5.95. The third-order valence-electron chi connectivity index (χ3n) is 4.64. The Morgan fingerprint density at radius 2 is 1.93 bits per heavy atom. The summed E-state index contributed by atoms with van der Waals surface area (Å²) >= 11 is 7.82. The van der Waals surface area contributed by atoms with E-state index in [1.807, 2.05) is 35.6 Å². The van der Waals surface area contributed by atoms with Gasteiger partial charge in [0.15, 0.2) is 5.96 Å². The topological polar surface area (TPSA) is 48.9 Å². The zero-order valence-corrected chi connectivity index (χ0v) is 17.4. The predicted octanol–water partition coefficient (Wildman–Crippen LogP) is 3.45. The number of halogens is 1. The number of nitrogens with one attached hydrogen (secondary N) is 2. The van der Waals surface area contributed by atoms with Crippen LogP contribution in [0.15, 0.2) is 41.4 Å². The fourth-order valence-corrected chi connectivity index (χ4v) is 4.27. The van der Waals surface area contributed by atoms with Crippen molar-refractivity contribution < 1.29 is 4.74 Å². The van der Waals surface area contributed by atoms with Gasteiger partial charge in [0.25, 0.3) is 0 Å². The number of hydrogen-bond acceptors (Lipinski definition) is 4. The summed E-state index contributed by atoms with van der Waals surface area (Å²) in [4.78, 5) is 9.59. The van der Waals surface area contributed by atoms with Gasteiger partial charge >= 0.3 is 0 Å². The Kier molecular flexibility index (Phi) is 7.52. The third-order valence-corrected chi connectivity index (χ3v) is 5.99. The first-order valence-corrected chi connectivity index (χ1v) is 10.4. The molecule has 2 aromatic rings. The van der Waals surface area contributed by atoms with Crippen LogP contribution in [0.4, 0.5) is 0 Å². The van der Waals surface area contributed by atoms with Gasteiger partial charge in [-0.15, -0.1) is 11.3 Å². The molecule has 5 nitrogen and oxygen atoms in total. The lowest BCUT2D eigenvalue weighted by Gasteiger charge is -2.34. The van der Waals surface area contributed by atoms with Crippen LogP contribution in [0.5, 0.6) is 0 Å². The molecule has 0 radical (unpaired) electrons. The average molecular weight is 407 g/mol.